The fraction of sp³-hybridized carbons (Fsp3) is 0.167. The van der Waals surface area contributed by atoms with Crippen LogP contribution >= 0.6 is 34.5 Å². The molecule has 1 aliphatic heterocycles. The van der Waals surface area contributed by atoms with E-state index >= 15 is 0 Å². The van der Waals surface area contributed by atoms with E-state index in [1.807, 2.05) is 0 Å². The van der Waals surface area contributed by atoms with Gasteiger partial charge in [0.1, 0.15) is 10.5 Å². The number of pyridine rings is 1. The smallest absolute Gasteiger partial charge is 0.449 e. The third-order valence-corrected chi connectivity index (χ3v) is 5.90. The molecule has 12 heteroatoms. The number of ether oxygens (including phenoxy) is 1. The van der Waals surface area contributed by atoms with Gasteiger partial charge in [-0.2, -0.15) is 13.2 Å². The van der Waals surface area contributed by atoms with Gasteiger partial charge in [0.25, 0.3) is 5.60 Å². The minimum Gasteiger partial charge on any atom is -0.449 e. The number of benzene rings is 1. The first-order valence-corrected chi connectivity index (χ1v) is 9.74. The van der Waals surface area contributed by atoms with Crippen molar-refractivity contribution >= 4 is 56.6 Å². The Bertz CT molecular complexity index is 1180. The predicted octanol–water partition coefficient (Wildman–Crippen LogP) is 6.24. The van der Waals surface area contributed by atoms with Crippen LogP contribution in [0, 0.1) is 0 Å². The first kappa shape index (κ1) is 20.7. The van der Waals surface area contributed by atoms with Gasteiger partial charge in [0.05, 0.1) is 17.5 Å². The molecular formula is C18H9Cl2F3N2O4S. The molecule has 0 saturated carbocycles. The van der Waals surface area contributed by atoms with Crippen molar-refractivity contribution in [2.24, 2.45) is 5.16 Å². The first-order valence-electron chi connectivity index (χ1n) is 8.16. The number of aromatic nitrogens is 1. The van der Waals surface area contributed by atoms with Crippen molar-refractivity contribution in [3.63, 3.8) is 0 Å². The van der Waals surface area contributed by atoms with Crippen molar-refractivity contribution in [2.75, 3.05) is 0 Å². The second kappa shape index (κ2) is 7.29. The lowest BCUT2D eigenvalue weighted by Gasteiger charge is -2.29. The number of hydrogen-bond donors (Lipinski definition) is 1. The third kappa shape index (κ3) is 3.66. The van der Waals surface area contributed by atoms with Gasteiger partial charge >= 0.3 is 12.3 Å². The minimum absolute atomic E-state index is 0.0119. The highest BCUT2D eigenvalue weighted by Crippen LogP contribution is 2.50. The highest BCUT2D eigenvalue weighted by atomic mass is 35.5. The molecule has 0 aliphatic carbocycles. The van der Waals surface area contributed by atoms with Gasteiger partial charge in [-0.05, 0) is 30.3 Å². The van der Waals surface area contributed by atoms with Crippen molar-refractivity contribution < 1.29 is 32.6 Å². The van der Waals surface area contributed by atoms with Gasteiger partial charge in [0.2, 0.25) is 0 Å². The van der Waals surface area contributed by atoms with Crippen LogP contribution in [0.5, 0.6) is 5.75 Å². The van der Waals surface area contributed by atoms with Gasteiger partial charge in [-0.15, -0.1) is 11.3 Å². The number of hydrogen-bond acceptors (Lipinski definition) is 6. The standard InChI is InChI=1S/C18H9Cl2F3N2O4S/c19-10-3-9(4-11(20)5-10)17(18(21,22)23)6-13(25-29-17)14-2-8-1-12(28-16(26)27)7-24-15(8)30-14/h1-5,7H,6H2,(H,26,27). The second-order valence-corrected chi connectivity index (χ2v) is 8.24. The number of thiophene rings is 1. The fourth-order valence-electron chi connectivity index (χ4n) is 3.03. The number of halogens is 5. The minimum atomic E-state index is -4.80. The van der Waals surface area contributed by atoms with Gasteiger partial charge in [0.15, 0.2) is 5.75 Å². The summed E-state index contributed by atoms with van der Waals surface area (Å²) in [6.07, 6.45) is -5.70. The summed E-state index contributed by atoms with van der Waals surface area (Å²) >= 11 is 12.9. The van der Waals surface area contributed by atoms with E-state index in [-0.39, 0.29) is 27.1 Å². The molecule has 30 heavy (non-hydrogen) atoms. The largest absolute Gasteiger partial charge is 0.511 e. The molecule has 0 fully saturated rings. The molecule has 0 amide bonds. The fourth-order valence-corrected chi connectivity index (χ4v) is 4.52. The molecule has 3 aromatic rings. The van der Waals surface area contributed by atoms with E-state index < -0.39 is 24.4 Å². The maximum atomic E-state index is 14.1. The number of fused-ring (bicyclic) bond motifs is 1. The Morgan fingerprint density at radius 3 is 2.53 bits per heavy atom. The molecule has 1 aromatic carbocycles. The third-order valence-electron chi connectivity index (χ3n) is 4.35. The van der Waals surface area contributed by atoms with Crippen LogP contribution in [0.25, 0.3) is 10.2 Å². The van der Waals surface area contributed by atoms with E-state index in [4.69, 9.17) is 33.1 Å². The zero-order valence-electron chi connectivity index (χ0n) is 14.5. The average Bonchev–Trinajstić information content (AvgIpc) is 3.24. The lowest BCUT2D eigenvalue weighted by Crippen LogP contribution is -2.42. The summed E-state index contributed by atoms with van der Waals surface area (Å²) in [5, 5.41) is 13.0. The maximum Gasteiger partial charge on any atom is 0.511 e. The molecule has 0 bridgehead atoms. The van der Waals surface area contributed by atoms with Crippen molar-refractivity contribution in [2.45, 2.75) is 18.2 Å². The van der Waals surface area contributed by atoms with Crippen LogP contribution in [0.3, 0.4) is 0 Å². The number of alkyl halides is 3. The van der Waals surface area contributed by atoms with E-state index in [2.05, 4.69) is 14.9 Å². The van der Waals surface area contributed by atoms with Gasteiger partial charge in [-0.1, -0.05) is 28.4 Å². The van der Waals surface area contributed by atoms with Gasteiger partial charge in [0, 0.05) is 21.0 Å². The molecule has 1 unspecified atom stereocenters. The Kier molecular flexibility index (Phi) is 5.03. The predicted molar refractivity (Wildman–Crippen MR) is 105 cm³/mol. The topological polar surface area (TPSA) is 81.0 Å². The van der Waals surface area contributed by atoms with Crippen LogP contribution in [-0.2, 0) is 10.4 Å². The Hall–Kier alpha value is -2.56. The molecule has 0 saturated heterocycles. The van der Waals surface area contributed by atoms with Crippen LogP contribution in [0.4, 0.5) is 18.0 Å². The molecule has 3 heterocycles. The lowest BCUT2D eigenvalue weighted by molar-refractivity contribution is -0.275. The molecule has 4 rings (SSSR count). The molecule has 156 valence electrons. The van der Waals surface area contributed by atoms with Crippen LogP contribution in [0.1, 0.15) is 16.9 Å². The quantitative estimate of drug-likeness (QED) is 0.452. The van der Waals surface area contributed by atoms with E-state index in [0.717, 1.165) is 23.5 Å². The number of rotatable bonds is 3. The molecule has 0 radical (unpaired) electrons. The summed E-state index contributed by atoms with van der Waals surface area (Å²) in [7, 11) is 0. The zero-order chi connectivity index (χ0) is 21.7. The van der Waals surface area contributed by atoms with Gasteiger partial charge in [-0.3, -0.25) is 0 Å². The van der Waals surface area contributed by atoms with Gasteiger partial charge < -0.3 is 14.7 Å². The summed E-state index contributed by atoms with van der Waals surface area (Å²) < 4.78 is 46.7. The molecule has 1 aliphatic rings. The summed E-state index contributed by atoms with van der Waals surface area (Å²) in [5.74, 6) is -0.0119. The van der Waals surface area contributed by atoms with E-state index in [0.29, 0.717) is 15.1 Å². The molecule has 1 N–H and O–H groups in total. The van der Waals surface area contributed by atoms with Crippen molar-refractivity contribution in [3.05, 3.63) is 57.0 Å². The highest BCUT2D eigenvalue weighted by molar-refractivity contribution is 7.20. The van der Waals surface area contributed by atoms with Crippen LogP contribution in [-0.4, -0.2) is 28.1 Å². The van der Waals surface area contributed by atoms with Crippen molar-refractivity contribution in [1.82, 2.24) is 4.98 Å². The highest BCUT2D eigenvalue weighted by Gasteiger charge is 2.62. The Balaban J connectivity index is 1.71. The Labute approximate surface area is 180 Å². The maximum absolute atomic E-state index is 14.1. The normalized spacial score (nSPS) is 18.9. The molecule has 6 nitrogen and oxygen atoms in total. The van der Waals surface area contributed by atoms with Crippen LogP contribution in [0.2, 0.25) is 10.0 Å². The van der Waals surface area contributed by atoms with Crippen molar-refractivity contribution in [3.8, 4) is 5.75 Å². The number of carboxylic acid groups (broad SMARTS) is 1. The summed E-state index contributed by atoms with van der Waals surface area (Å²) in [4.78, 5) is 20.6. The van der Waals surface area contributed by atoms with Crippen LogP contribution < -0.4 is 4.74 Å². The Morgan fingerprint density at radius 1 is 1.20 bits per heavy atom. The number of oxime groups is 1. The monoisotopic (exact) mass is 476 g/mol. The molecule has 0 spiro atoms. The zero-order valence-corrected chi connectivity index (χ0v) is 16.9. The SMILES string of the molecule is O=C(O)Oc1cnc2sc(C3=NOC(c4cc(Cl)cc(Cl)c4)(C(F)(F)F)C3)cc2c1. The van der Waals surface area contributed by atoms with E-state index in [1.165, 1.54) is 18.3 Å². The lowest BCUT2D eigenvalue weighted by atomic mass is 9.88. The Morgan fingerprint density at radius 2 is 1.90 bits per heavy atom. The molecule has 1 atom stereocenters. The summed E-state index contributed by atoms with van der Waals surface area (Å²) in [6.45, 7) is 0. The van der Waals surface area contributed by atoms with E-state index in [9.17, 15) is 18.0 Å². The molecule has 2 aromatic heterocycles. The number of nitrogens with zero attached hydrogens (tertiary/aromatic N) is 2. The van der Waals surface area contributed by atoms with Crippen molar-refractivity contribution in [1.29, 1.82) is 0 Å². The number of carbonyl (C=O) groups is 1. The van der Waals surface area contributed by atoms with Crippen LogP contribution in [0.15, 0.2) is 41.7 Å². The van der Waals surface area contributed by atoms with E-state index in [1.54, 1.807) is 6.07 Å². The average molecular weight is 477 g/mol. The first-order chi connectivity index (χ1) is 14.1. The van der Waals surface area contributed by atoms with Gasteiger partial charge in [-0.25, -0.2) is 9.78 Å². The summed E-state index contributed by atoms with van der Waals surface area (Å²) in [5.41, 5.74) is -2.94. The summed E-state index contributed by atoms with van der Waals surface area (Å²) in [6, 6.07) is 6.56. The molecular weight excluding hydrogens is 468 g/mol. The second-order valence-electron chi connectivity index (χ2n) is 6.33.